The van der Waals surface area contributed by atoms with Crippen molar-refractivity contribution in [2.45, 2.75) is 38.6 Å². The van der Waals surface area contributed by atoms with E-state index in [1.54, 1.807) is 11.3 Å². The summed E-state index contributed by atoms with van der Waals surface area (Å²) < 4.78 is 0. The molecule has 0 bridgehead atoms. The molecular formula is C18H20ClN3S. The third-order valence-corrected chi connectivity index (χ3v) is 5.70. The van der Waals surface area contributed by atoms with Crippen molar-refractivity contribution < 1.29 is 0 Å². The normalized spacial score (nSPS) is 21.7. The van der Waals surface area contributed by atoms with Gasteiger partial charge >= 0.3 is 0 Å². The number of nitrogens with one attached hydrogen (secondary N) is 2. The lowest BCUT2D eigenvalue weighted by atomic mass is 9.87. The number of benzene rings is 1. The van der Waals surface area contributed by atoms with Gasteiger partial charge in [-0.25, -0.2) is 4.98 Å². The lowest BCUT2D eigenvalue weighted by Crippen LogP contribution is -2.26. The number of halogens is 1. The van der Waals surface area contributed by atoms with Crippen LogP contribution in [0.3, 0.4) is 0 Å². The molecule has 2 atom stereocenters. The maximum absolute atomic E-state index is 6.14. The van der Waals surface area contributed by atoms with E-state index < -0.39 is 0 Å². The van der Waals surface area contributed by atoms with E-state index in [2.05, 4.69) is 22.6 Å². The highest BCUT2D eigenvalue weighted by molar-refractivity contribution is 7.14. The highest BCUT2D eigenvalue weighted by atomic mass is 35.5. The second kappa shape index (κ2) is 6.17. The molecule has 1 fully saturated rings. The first-order valence-electron chi connectivity index (χ1n) is 8.18. The first-order chi connectivity index (χ1) is 11.2. The minimum absolute atomic E-state index is 0.565. The van der Waals surface area contributed by atoms with E-state index in [1.807, 2.05) is 24.4 Å². The maximum atomic E-state index is 6.14. The summed E-state index contributed by atoms with van der Waals surface area (Å²) in [7, 11) is 0. The quantitative estimate of drug-likeness (QED) is 0.617. The minimum atomic E-state index is 0.565. The first kappa shape index (κ1) is 15.0. The van der Waals surface area contributed by atoms with Crippen LogP contribution in [0.2, 0.25) is 5.02 Å². The van der Waals surface area contributed by atoms with Gasteiger partial charge in [-0.1, -0.05) is 31.4 Å². The molecule has 1 aliphatic rings. The van der Waals surface area contributed by atoms with Crippen LogP contribution >= 0.6 is 22.9 Å². The van der Waals surface area contributed by atoms with Gasteiger partial charge in [-0.2, -0.15) is 0 Å². The predicted octanol–water partition coefficient (Wildman–Crippen LogP) is 5.94. The molecule has 1 aliphatic carbocycles. The van der Waals surface area contributed by atoms with Crippen molar-refractivity contribution in [2.75, 3.05) is 5.32 Å². The molecule has 0 unspecified atom stereocenters. The third kappa shape index (κ3) is 3.10. The van der Waals surface area contributed by atoms with E-state index in [0.717, 1.165) is 38.2 Å². The summed E-state index contributed by atoms with van der Waals surface area (Å²) in [5.74, 6) is 0.816. The Kier molecular flexibility index (Phi) is 4.04. The predicted molar refractivity (Wildman–Crippen MR) is 99.5 cm³/mol. The molecule has 4 rings (SSSR count). The van der Waals surface area contributed by atoms with Crippen LogP contribution in [0.4, 0.5) is 5.13 Å². The van der Waals surface area contributed by atoms with Crippen LogP contribution in [0, 0.1) is 5.92 Å². The number of thiazole rings is 1. The standard InChI is InChI=1S/C18H20ClN3S/c1-11-3-2-4-13(7-11)21-18-22-17(10-23-18)15-9-20-16-6-5-12(19)8-14(15)16/h5-6,8-11,13,20H,2-4,7H2,1H3,(H,21,22)/t11-,13+/m0/s1. The minimum Gasteiger partial charge on any atom is -0.360 e. The van der Waals surface area contributed by atoms with E-state index in [9.17, 15) is 0 Å². The molecule has 0 spiro atoms. The van der Waals surface area contributed by atoms with E-state index in [-0.39, 0.29) is 0 Å². The fourth-order valence-electron chi connectivity index (χ4n) is 3.51. The molecule has 0 aliphatic heterocycles. The molecule has 0 saturated heterocycles. The second-order valence-corrected chi connectivity index (χ2v) is 7.84. The molecule has 5 heteroatoms. The van der Waals surface area contributed by atoms with Crippen molar-refractivity contribution in [1.29, 1.82) is 0 Å². The molecule has 1 saturated carbocycles. The van der Waals surface area contributed by atoms with Gasteiger partial charge in [0.05, 0.1) is 5.69 Å². The summed E-state index contributed by atoms with van der Waals surface area (Å²) in [5.41, 5.74) is 3.21. The summed E-state index contributed by atoms with van der Waals surface area (Å²) in [4.78, 5) is 8.09. The van der Waals surface area contributed by atoms with Crippen LogP contribution in [0.25, 0.3) is 22.2 Å². The van der Waals surface area contributed by atoms with Gasteiger partial charge in [0.15, 0.2) is 5.13 Å². The number of anilines is 1. The van der Waals surface area contributed by atoms with E-state index in [0.29, 0.717) is 6.04 Å². The van der Waals surface area contributed by atoms with Crippen LogP contribution in [-0.4, -0.2) is 16.0 Å². The third-order valence-electron chi connectivity index (χ3n) is 4.69. The van der Waals surface area contributed by atoms with Crippen molar-refractivity contribution in [3.8, 4) is 11.3 Å². The Morgan fingerprint density at radius 1 is 1.35 bits per heavy atom. The summed E-state index contributed by atoms with van der Waals surface area (Å²) in [5, 5.41) is 8.65. The summed E-state index contributed by atoms with van der Waals surface area (Å²) in [6.45, 7) is 2.34. The van der Waals surface area contributed by atoms with Gasteiger partial charge in [0.25, 0.3) is 0 Å². The number of aromatic amines is 1. The summed E-state index contributed by atoms with van der Waals surface area (Å²) in [6.07, 6.45) is 7.19. The number of H-pyrrole nitrogens is 1. The monoisotopic (exact) mass is 345 g/mol. The lowest BCUT2D eigenvalue weighted by molar-refractivity contribution is 0.358. The van der Waals surface area contributed by atoms with Crippen LogP contribution in [0.1, 0.15) is 32.6 Å². The molecule has 0 amide bonds. The Morgan fingerprint density at radius 2 is 2.26 bits per heavy atom. The van der Waals surface area contributed by atoms with Gasteiger partial charge in [-0.15, -0.1) is 11.3 Å². The van der Waals surface area contributed by atoms with Gasteiger partial charge < -0.3 is 10.3 Å². The Morgan fingerprint density at radius 3 is 3.13 bits per heavy atom. The van der Waals surface area contributed by atoms with E-state index in [4.69, 9.17) is 16.6 Å². The van der Waals surface area contributed by atoms with Crippen molar-refractivity contribution in [2.24, 2.45) is 5.92 Å². The Balaban J connectivity index is 1.58. The zero-order chi connectivity index (χ0) is 15.8. The molecule has 120 valence electrons. The van der Waals surface area contributed by atoms with Crippen LogP contribution < -0.4 is 5.32 Å². The topological polar surface area (TPSA) is 40.7 Å². The Labute approximate surface area is 145 Å². The highest BCUT2D eigenvalue weighted by Crippen LogP contribution is 2.33. The number of fused-ring (bicyclic) bond motifs is 1. The Bertz CT molecular complexity index is 823. The number of aromatic nitrogens is 2. The van der Waals surface area contributed by atoms with Crippen LogP contribution in [-0.2, 0) is 0 Å². The smallest absolute Gasteiger partial charge is 0.183 e. The van der Waals surface area contributed by atoms with Gasteiger partial charge in [-0.05, 0) is 37.0 Å². The molecule has 2 N–H and O–H groups in total. The van der Waals surface area contributed by atoms with Gasteiger partial charge in [0.1, 0.15) is 0 Å². The Hall–Kier alpha value is -1.52. The molecule has 23 heavy (non-hydrogen) atoms. The molecule has 3 nitrogen and oxygen atoms in total. The second-order valence-electron chi connectivity index (χ2n) is 6.54. The number of nitrogens with zero attached hydrogens (tertiary/aromatic N) is 1. The van der Waals surface area contributed by atoms with Crippen LogP contribution in [0.15, 0.2) is 29.8 Å². The van der Waals surface area contributed by atoms with E-state index >= 15 is 0 Å². The fourth-order valence-corrected chi connectivity index (χ4v) is 4.47. The van der Waals surface area contributed by atoms with Gasteiger partial charge in [-0.3, -0.25) is 0 Å². The zero-order valence-electron chi connectivity index (χ0n) is 13.1. The lowest BCUT2D eigenvalue weighted by Gasteiger charge is -2.27. The highest BCUT2D eigenvalue weighted by Gasteiger charge is 2.20. The molecule has 3 aromatic rings. The van der Waals surface area contributed by atoms with Crippen molar-refractivity contribution in [1.82, 2.24) is 9.97 Å². The van der Waals surface area contributed by atoms with E-state index in [1.165, 1.54) is 25.7 Å². The van der Waals surface area contributed by atoms with Gasteiger partial charge in [0, 0.05) is 39.1 Å². The van der Waals surface area contributed by atoms with Crippen LogP contribution in [0.5, 0.6) is 0 Å². The SMILES string of the molecule is C[C@H]1CCC[C@@H](Nc2nc(-c3c[nH]c4ccc(Cl)cc34)cs2)C1. The van der Waals surface area contributed by atoms with Gasteiger partial charge in [0.2, 0.25) is 0 Å². The number of rotatable bonds is 3. The van der Waals surface area contributed by atoms with Crippen molar-refractivity contribution in [3.05, 3.63) is 34.8 Å². The largest absolute Gasteiger partial charge is 0.360 e. The average Bonchev–Trinajstić information content (AvgIpc) is 3.13. The molecular weight excluding hydrogens is 326 g/mol. The fraction of sp³-hybridized carbons (Fsp3) is 0.389. The molecule has 1 aromatic carbocycles. The maximum Gasteiger partial charge on any atom is 0.183 e. The first-order valence-corrected chi connectivity index (χ1v) is 9.44. The average molecular weight is 346 g/mol. The van der Waals surface area contributed by atoms with Crippen molar-refractivity contribution >= 4 is 39.0 Å². The summed E-state index contributed by atoms with van der Waals surface area (Å²) in [6, 6.07) is 6.48. The molecule has 2 aromatic heterocycles. The number of hydrogen-bond acceptors (Lipinski definition) is 3. The number of hydrogen-bond donors (Lipinski definition) is 2. The molecule has 2 heterocycles. The molecule has 0 radical (unpaired) electrons. The van der Waals surface area contributed by atoms with Crippen molar-refractivity contribution in [3.63, 3.8) is 0 Å². The zero-order valence-corrected chi connectivity index (χ0v) is 14.7. The summed E-state index contributed by atoms with van der Waals surface area (Å²) >= 11 is 7.82.